The molecular formula is C18H22FN3O2. The topological polar surface area (TPSA) is 50.0 Å². The molecule has 0 aliphatic carbocycles. The van der Waals surface area contributed by atoms with E-state index in [-0.39, 0.29) is 18.0 Å². The number of hydrogen-bond acceptors (Lipinski definition) is 3. The van der Waals surface area contributed by atoms with Crippen LogP contribution in [-0.4, -0.2) is 37.1 Å². The standard InChI is InChI=1S/C18H22FN3O2/c1-13-11-22(18(20-2)21-10-16-4-3-9-23-16)12-17(24-13)14-5-7-15(19)8-6-14/h3-9,13,17H,10-12H2,1-2H3,(H,20,21). The van der Waals surface area contributed by atoms with Gasteiger partial charge in [0.2, 0.25) is 0 Å². The van der Waals surface area contributed by atoms with E-state index in [1.807, 2.05) is 19.1 Å². The first-order valence-corrected chi connectivity index (χ1v) is 8.04. The van der Waals surface area contributed by atoms with Gasteiger partial charge in [0.15, 0.2) is 5.96 Å². The van der Waals surface area contributed by atoms with Gasteiger partial charge >= 0.3 is 0 Å². The smallest absolute Gasteiger partial charge is 0.194 e. The maximum atomic E-state index is 13.1. The molecule has 0 spiro atoms. The second-order valence-corrected chi connectivity index (χ2v) is 5.87. The summed E-state index contributed by atoms with van der Waals surface area (Å²) in [6, 6.07) is 10.3. The first kappa shape index (κ1) is 16.5. The summed E-state index contributed by atoms with van der Waals surface area (Å²) in [6.45, 7) is 4.01. The van der Waals surface area contributed by atoms with Crippen molar-refractivity contribution in [2.24, 2.45) is 4.99 Å². The van der Waals surface area contributed by atoms with E-state index in [0.29, 0.717) is 13.1 Å². The summed E-state index contributed by atoms with van der Waals surface area (Å²) in [4.78, 5) is 6.52. The lowest BCUT2D eigenvalue weighted by Crippen LogP contribution is -2.50. The maximum Gasteiger partial charge on any atom is 0.194 e. The molecular weight excluding hydrogens is 309 g/mol. The quantitative estimate of drug-likeness (QED) is 0.694. The SMILES string of the molecule is CN=C(NCc1ccco1)N1CC(C)OC(c2ccc(F)cc2)C1. The molecule has 1 aliphatic heterocycles. The zero-order valence-corrected chi connectivity index (χ0v) is 13.9. The number of hydrogen-bond donors (Lipinski definition) is 1. The van der Waals surface area contributed by atoms with Crippen molar-refractivity contribution in [3.63, 3.8) is 0 Å². The van der Waals surface area contributed by atoms with Gasteiger partial charge in [0.25, 0.3) is 0 Å². The number of rotatable bonds is 3. The second kappa shape index (κ2) is 7.49. The molecule has 1 N–H and O–H groups in total. The molecule has 6 heteroatoms. The van der Waals surface area contributed by atoms with Crippen LogP contribution in [0.5, 0.6) is 0 Å². The Balaban J connectivity index is 1.68. The van der Waals surface area contributed by atoms with Gasteiger partial charge in [-0.2, -0.15) is 0 Å². The van der Waals surface area contributed by atoms with Crippen LogP contribution < -0.4 is 5.32 Å². The average Bonchev–Trinajstić information content (AvgIpc) is 3.09. The zero-order valence-electron chi connectivity index (χ0n) is 13.9. The van der Waals surface area contributed by atoms with E-state index >= 15 is 0 Å². The van der Waals surface area contributed by atoms with Crippen LogP contribution in [0, 0.1) is 5.82 Å². The molecule has 1 aromatic heterocycles. The number of nitrogens with one attached hydrogen (secondary N) is 1. The van der Waals surface area contributed by atoms with Gasteiger partial charge in [-0.15, -0.1) is 0 Å². The average molecular weight is 331 g/mol. The third-order valence-electron chi connectivity index (χ3n) is 4.01. The molecule has 2 heterocycles. The summed E-state index contributed by atoms with van der Waals surface area (Å²) in [7, 11) is 1.76. The predicted octanol–water partition coefficient (Wildman–Crippen LogP) is 2.96. The Morgan fingerprint density at radius 1 is 1.29 bits per heavy atom. The molecule has 0 amide bonds. The first-order valence-electron chi connectivity index (χ1n) is 8.04. The van der Waals surface area contributed by atoms with Gasteiger partial charge in [0.1, 0.15) is 17.7 Å². The first-order chi connectivity index (χ1) is 11.7. The van der Waals surface area contributed by atoms with Crippen molar-refractivity contribution in [2.75, 3.05) is 20.1 Å². The van der Waals surface area contributed by atoms with Gasteiger partial charge in [0.05, 0.1) is 25.5 Å². The minimum absolute atomic E-state index is 0.0518. The van der Waals surface area contributed by atoms with Crippen LogP contribution in [-0.2, 0) is 11.3 Å². The number of morpholine rings is 1. The van der Waals surface area contributed by atoms with Crippen LogP contribution in [0.25, 0.3) is 0 Å². The van der Waals surface area contributed by atoms with Crippen molar-refractivity contribution in [2.45, 2.75) is 25.7 Å². The lowest BCUT2D eigenvalue weighted by atomic mass is 10.1. The minimum atomic E-state index is -0.240. The van der Waals surface area contributed by atoms with Crippen molar-refractivity contribution in [3.8, 4) is 0 Å². The fraction of sp³-hybridized carbons (Fsp3) is 0.389. The minimum Gasteiger partial charge on any atom is -0.467 e. The largest absolute Gasteiger partial charge is 0.467 e. The van der Waals surface area contributed by atoms with Crippen molar-refractivity contribution < 1.29 is 13.5 Å². The van der Waals surface area contributed by atoms with Crippen molar-refractivity contribution in [1.29, 1.82) is 0 Å². The Hall–Kier alpha value is -2.34. The number of nitrogens with zero attached hydrogens (tertiary/aromatic N) is 2. The van der Waals surface area contributed by atoms with E-state index in [0.717, 1.165) is 23.8 Å². The lowest BCUT2D eigenvalue weighted by molar-refractivity contribution is -0.0605. The van der Waals surface area contributed by atoms with Gasteiger partial charge in [-0.1, -0.05) is 12.1 Å². The Kier molecular flexibility index (Phi) is 5.15. The maximum absolute atomic E-state index is 13.1. The molecule has 0 bridgehead atoms. The lowest BCUT2D eigenvalue weighted by Gasteiger charge is -2.38. The molecule has 5 nitrogen and oxygen atoms in total. The van der Waals surface area contributed by atoms with Crippen molar-refractivity contribution in [3.05, 3.63) is 59.8 Å². The Morgan fingerprint density at radius 2 is 2.08 bits per heavy atom. The van der Waals surface area contributed by atoms with E-state index in [9.17, 15) is 4.39 Å². The molecule has 2 unspecified atom stereocenters. The van der Waals surface area contributed by atoms with E-state index < -0.39 is 0 Å². The normalized spacial score (nSPS) is 21.8. The van der Waals surface area contributed by atoms with Crippen LogP contribution in [0.15, 0.2) is 52.1 Å². The highest BCUT2D eigenvalue weighted by Gasteiger charge is 2.28. The van der Waals surface area contributed by atoms with E-state index in [2.05, 4.69) is 15.2 Å². The summed E-state index contributed by atoms with van der Waals surface area (Å²) >= 11 is 0. The van der Waals surface area contributed by atoms with Gasteiger partial charge in [-0.3, -0.25) is 4.99 Å². The molecule has 128 valence electrons. The number of furan rings is 1. The van der Waals surface area contributed by atoms with Crippen molar-refractivity contribution in [1.82, 2.24) is 10.2 Å². The number of benzene rings is 1. The molecule has 3 rings (SSSR count). The molecule has 2 atom stereocenters. The Morgan fingerprint density at radius 3 is 2.75 bits per heavy atom. The number of ether oxygens (including phenoxy) is 1. The molecule has 1 fully saturated rings. The van der Waals surface area contributed by atoms with Gasteiger partial charge in [-0.25, -0.2) is 4.39 Å². The number of guanidine groups is 1. The van der Waals surface area contributed by atoms with Crippen LogP contribution in [0.1, 0.15) is 24.4 Å². The van der Waals surface area contributed by atoms with E-state index in [1.54, 1.807) is 25.4 Å². The Labute approximate surface area is 141 Å². The van der Waals surface area contributed by atoms with Crippen LogP contribution in [0.4, 0.5) is 4.39 Å². The fourth-order valence-electron chi connectivity index (χ4n) is 2.90. The van der Waals surface area contributed by atoms with Crippen LogP contribution >= 0.6 is 0 Å². The summed E-state index contributed by atoms with van der Waals surface area (Å²) in [6.07, 6.45) is 1.59. The monoisotopic (exact) mass is 331 g/mol. The molecule has 1 aliphatic rings. The molecule has 24 heavy (non-hydrogen) atoms. The highest BCUT2D eigenvalue weighted by molar-refractivity contribution is 5.80. The summed E-state index contributed by atoms with van der Waals surface area (Å²) < 4.78 is 24.5. The van der Waals surface area contributed by atoms with Crippen LogP contribution in [0.2, 0.25) is 0 Å². The predicted molar refractivity (Wildman–Crippen MR) is 90.2 cm³/mol. The third-order valence-corrected chi connectivity index (χ3v) is 4.01. The number of aliphatic imine (C=N–C) groups is 1. The molecule has 1 aromatic carbocycles. The Bertz CT molecular complexity index is 670. The molecule has 2 aromatic rings. The summed E-state index contributed by atoms with van der Waals surface area (Å²) in [5.74, 6) is 1.41. The van der Waals surface area contributed by atoms with Gasteiger partial charge < -0.3 is 19.4 Å². The second-order valence-electron chi connectivity index (χ2n) is 5.87. The summed E-state index contributed by atoms with van der Waals surface area (Å²) in [5, 5.41) is 3.31. The molecule has 0 saturated carbocycles. The molecule has 1 saturated heterocycles. The molecule has 0 radical (unpaired) electrons. The fourth-order valence-corrected chi connectivity index (χ4v) is 2.90. The van der Waals surface area contributed by atoms with Crippen molar-refractivity contribution >= 4 is 5.96 Å². The third kappa shape index (κ3) is 3.94. The highest BCUT2D eigenvalue weighted by atomic mass is 19.1. The van der Waals surface area contributed by atoms with Crippen LogP contribution in [0.3, 0.4) is 0 Å². The number of halogens is 1. The van der Waals surface area contributed by atoms with E-state index in [1.165, 1.54) is 12.1 Å². The zero-order chi connectivity index (χ0) is 16.9. The van der Waals surface area contributed by atoms with Gasteiger partial charge in [-0.05, 0) is 36.8 Å². The van der Waals surface area contributed by atoms with E-state index in [4.69, 9.17) is 9.15 Å². The van der Waals surface area contributed by atoms with Gasteiger partial charge in [0, 0.05) is 13.6 Å². The summed E-state index contributed by atoms with van der Waals surface area (Å²) in [5.41, 5.74) is 0.967. The highest BCUT2D eigenvalue weighted by Crippen LogP contribution is 2.25.